The lowest BCUT2D eigenvalue weighted by molar-refractivity contribution is 0.0544. The average Bonchev–Trinajstić information content (AvgIpc) is 2.41. The summed E-state index contributed by atoms with van der Waals surface area (Å²) >= 11 is 0. The van der Waals surface area contributed by atoms with E-state index in [1.807, 2.05) is 6.92 Å². The summed E-state index contributed by atoms with van der Waals surface area (Å²) in [5.74, 6) is 0. The molecule has 94 valence electrons. The van der Waals surface area contributed by atoms with Crippen LogP contribution in [0.1, 0.15) is 44.4 Å². The fourth-order valence-electron chi connectivity index (χ4n) is 2.16. The predicted molar refractivity (Wildman–Crippen MR) is 66.7 cm³/mol. The molecule has 0 amide bonds. The van der Waals surface area contributed by atoms with Gasteiger partial charge >= 0.3 is 0 Å². The zero-order chi connectivity index (χ0) is 11.9. The molecule has 1 fully saturated rings. The van der Waals surface area contributed by atoms with Gasteiger partial charge in [0.05, 0.1) is 18.0 Å². The van der Waals surface area contributed by atoms with E-state index >= 15 is 0 Å². The highest BCUT2D eigenvalue weighted by Crippen LogP contribution is 2.15. The Morgan fingerprint density at radius 1 is 1.47 bits per heavy atom. The Bertz CT molecular complexity index is 312. The summed E-state index contributed by atoms with van der Waals surface area (Å²) in [4.78, 5) is 8.29. The Hall–Kier alpha value is -1.00. The number of ether oxygens (including phenoxy) is 1. The Morgan fingerprint density at radius 2 is 2.41 bits per heavy atom. The molecule has 2 atom stereocenters. The van der Waals surface area contributed by atoms with Gasteiger partial charge in [0.1, 0.15) is 0 Å². The Morgan fingerprint density at radius 3 is 3.12 bits per heavy atom. The van der Waals surface area contributed by atoms with Crippen LogP contribution in [0.2, 0.25) is 0 Å². The van der Waals surface area contributed by atoms with E-state index in [9.17, 15) is 0 Å². The molecule has 1 aliphatic rings. The quantitative estimate of drug-likeness (QED) is 0.849. The van der Waals surface area contributed by atoms with Gasteiger partial charge in [-0.15, -0.1) is 0 Å². The van der Waals surface area contributed by atoms with Crippen LogP contribution in [-0.2, 0) is 4.74 Å². The van der Waals surface area contributed by atoms with Crippen LogP contribution in [0.5, 0.6) is 0 Å². The third kappa shape index (κ3) is 4.06. The van der Waals surface area contributed by atoms with Crippen molar-refractivity contribution in [2.45, 2.75) is 44.8 Å². The van der Waals surface area contributed by atoms with Crippen LogP contribution >= 0.6 is 0 Å². The van der Waals surface area contributed by atoms with Gasteiger partial charge in [0.2, 0.25) is 0 Å². The van der Waals surface area contributed by atoms with Crippen molar-refractivity contribution >= 4 is 0 Å². The zero-order valence-electron chi connectivity index (χ0n) is 10.4. The van der Waals surface area contributed by atoms with E-state index in [1.54, 1.807) is 18.6 Å². The van der Waals surface area contributed by atoms with Crippen LogP contribution in [0.25, 0.3) is 0 Å². The first kappa shape index (κ1) is 12.5. The van der Waals surface area contributed by atoms with Gasteiger partial charge in [-0.1, -0.05) is 6.42 Å². The van der Waals surface area contributed by atoms with E-state index in [1.165, 1.54) is 19.3 Å². The van der Waals surface area contributed by atoms with Gasteiger partial charge in [-0.2, -0.15) is 0 Å². The topological polar surface area (TPSA) is 47.0 Å². The molecule has 0 bridgehead atoms. The van der Waals surface area contributed by atoms with Gasteiger partial charge in [-0.25, -0.2) is 0 Å². The first-order valence-electron chi connectivity index (χ1n) is 6.47. The molecule has 1 N–H and O–H groups in total. The minimum Gasteiger partial charge on any atom is -0.372 e. The van der Waals surface area contributed by atoms with Crippen LogP contribution in [0.15, 0.2) is 18.6 Å². The smallest absolute Gasteiger partial charge is 0.0982 e. The molecule has 0 spiro atoms. The maximum atomic E-state index is 5.79. The summed E-state index contributed by atoms with van der Waals surface area (Å²) in [7, 11) is 0. The monoisotopic (exact) mass is 235 g/mol. The highest BCUT2D eigenvalue weighted by Gasteiger charge is 2.13. The highest BCUT2D eigenvalue weighted by atomic mass is 16.5. The van der Waals surface area contributed by atoms with Gasteiger partial charge in [0, 0.05) is 25.0 Å². The molecule has 1 aliphatic heterocycles. The van der Waals surface area contributed by atoms with Crippen LogP contribution in [0, 0.1) is 0 Å². The highest BCUT2D eigenvalue weighted by molar-refractivity contribution is 4.97. The van der Waals surface area contributed by atoms with Crippen molar-refractivity contribution in [2.75, 3.05) is 13.2 Å². The third-order valence-corrected chi connectivity index (χ3v) is 3.25. The molecule has 0 radical (unpaired) electrons. The maximum absolute atomic E-state index is 5.79. The molecule has 1 aromatic rings. The molecular weight excluding hydrogens is 214 g/mol. The van der Waals surface area contributed by atoms with Gasteiger partial charge in [-0.05, 0) is 32.7 Å². The van der Waals surface area contributed by atoms with E-state index < -0.39 is 0 Å². The third-order valence-electron chi connectivity index (χ3n) is 3.25. The Kier molecular flexibility index (Phi) is 4.88. The van der Waals surface area contributed by atoms with E-state index in [4.69, 9.17) is 4.74 Å². The fourth-order valence-corrected chi connectivity index (χ4v) is 2.16. The molecule has 4 heteroatoms. The number of rotatable bonds is 5. The predicted octanol–water partition coefficient (Wildman–Crippen LogP) is 2.09. The molecule has 17 heavy (non-hydrogen) atoms. The van der Waals surface area contributed by atoms with Gasteiger partial charge in [-0.3, -0.25) is 9.97 Å². The number of nitrogens with zero attached hydrogens (tertiary/aromatic N) is 2. The minimum absolute atomic E-state index is 0.0345. The molecule has 2 heterocycles. The van der Waals surface area contributed by atoms with Crippen LogP contribution in [0.3, 0.4) is 0 Å². The number of hydrogen-bond acceptors (Lipinski definition) is 4. The largest absolute Gasteiger partial charge is 0.372 e. The van der Waals surface area contributed by atoms with Gasteiger partial charge in [0.15, 0.2) is 0 Å². The summed E-state index contributed by atoms with van der Waals surface area (Å²) in [5.41, 5.74) is 0.907. The minimum atomic E-state index is 0.0345. The molecule has 4 nitrogen and oxygen atoms in total. The van der Waals surface area contributed by atoms with Crippen molar-refractivity contribution in [3.8, 4) is 0 Å². The standard InChI is InChI=1S/C13H21N3O/c1-11(13-10-14-7-8-16-13)17-9-5-12-4-2-3-6-15-12/h7-8,10-12,15H,2-6,9H2,1H3/t11-,12+/m0/s1. The normalized spacial score (nSPS) is 22.3. The Labute approximate surface area is 103 Å². The van der Waals surface area contributed by atoms with Crippen molar-refractivity contribution in [1.82, 2.24) is 15.3 Å². The first-order valence-corrected chi connectivity index (χ1v) is 6.47. The van der Waals surface area contributed by atoms with Gasteiger partial charge in [0.25, 0.3) is 0 Å². The molecule has 0 aliphatic carbocycles. The molecule has 1 saturated heterocycles. The first-order chi connectivity index (χ1) is 8.36. The van der Waals surface area contributed by atoms with E-state index in [2.05, 4.69) is 15.3 Å². The van der Waals surface area contributed by atoms with Crippen molar-refractivity contribution in [1.29, 1.82) is 0 Å². The summed E-state index contributed by atoms with van der Waals surface area (Å²) in [6, 6.07) is 0.637. The zero-order valence-corrected chi connectivity index (χ0v) is 10.4. The van der Waals surface area contributed by atoms with Crippen molar-refractivity contribution in [2.24, 2.45) is 0 Å². The fraction of sp³-hybridized carbons (Fsp3) is 0.692. The van der Waals surface area contributed by atoms with Crippen LogP contribution < -0.4 is 5.32 Å². The second kappa shape index (κ2) is 6.67. The average molecular weight is 235 g/mol. The molecular formula is C13H21N3O. The lowest BCUT2D eigenvalue weighted by Gasteiger charge is -2.23. The number of piperidine rings is 1. The van der Waals surface area contributed by atoms with Crippen molar-refractivity contribution in [3.05, 3.63) is 24.3 Å². The van der Waals surface area contributed by atoms with Crippen molar-refractivity contribution in [3.63, 3.8) is 0 Å². The van der Waals surface area contributed by atoms with Crippen molar-refractivity contribution < 1.29 is 4.74 Å². The lowest BCUT2D eigenvalue weighted by Crippen LogP contribution is -2.34. The van der Waals surface area contributed by atoms with Crippen LogP contribution in [-0.4, -0.2) is 29.2 Å². The summed E-state index contributed by atoms with van der Waals surface area (Å²) in [6.45, 7) is 3.97. The molecule has 0 saturated carbocycles. The second-order valence-corrected chi connectivity index (χ2v) is 4.58. The summed E-state index contributed by atoms with van der Waals surface area (Å²) in [6.07, 6.45) is 10.2. The van der Waals surface area contributed by atoms with E-state index in [-0.39, 0.29) is 6.10 Å². The SMILES string of the molecule is C[C@H](OCC[C@H]1CCCCN1)c1cnccn1. The summed E-state index contributed by atoms with van der Waals surface area (Å²) in [5, 5.41) is 3.52. The molecule has 0 unspecified atom stereocenters. The van der Waals surface area contributed by atoms with E-state index in [0.29, 0.717) is 6.04 Å². The van der Waals surface area contributed by atoms with E-state index in [0.717, 1.165) is 25.3 Å². The van der Waals surface area contributed by atoms with Gasteiger partial charge < -0.3 is 10.1 Å². The number of hydrogen-bond donors (Lipinski definition) is 1. The maximum Gasteiger partial charge on any atom is 0.0982 e. The second-order valence-electron chi connectivity index (χ2n) is 4.58. The number of aromatic nitrogens is 2. The van der Waals surface area contributed by atoms with Crippen LogP contribution in [0.4, 0.5) is 0 Å². The molecule has 2 rings (SSSR count). The summed E-state index contributed by atoms with van der Waals surface area (Å²) < 4.78 is 5.79. The molecule has 1 aromatic heterocycles. The lowest BCUT2D eigenvalue weighted by atomic mass is 10.0. The molecule has 0 aromatic carbocycles. The number of nitrogens with one attached hydrogen (secondary N) is 1. The Balaban J connectivity index is 1.67.